The first-order valence-electron chi connectivity index (χ1n) is 11.3. The number of hydrogen-bond acceptors (Lipinski definition) is 7. The van der Waals surface area contributed by atoms with E-state index in [2.05, 4.69) is 10.6 Å². The van der Waals surface area contributed by atoms with Crippen LogP contribution in [0.1, 0.15) is 52.0 Å². The normalized spacial score (nSPS) is 22.2. The van der Waals surface area contributed by atoms with Gasteiger partial charge in [-0.3, -0.25) is 14.4 Å². The third-order valence-electron chi connectivity index (χ3n) is 5.73. The minimum absolute atomic E-state index is 0.0218. The molecule has 0 radical (unpaired) electrons. The third-order valence-corrected chi connectivity index (χ3v) is 5.73. The molecule has 0 saturated heterocycles. The molecule has 1 aromatic heterocycles. The molecule has 1 aliphatic rings. The summed E-state index contributed by atoms with van der Waals surface area (Å²) in [6.07, 6.45) is 2.19. The van der Waals surface area contributed by atoms with Gasteiger partial charge in [0.05, 0.1) is 23.6 Å². The number of benzene rings is 1. The number of amides is 1. The highest BCUT2D eigenvalue weighted by atomic mass is 16.3. The fraction of sp³-hybridized carbons (Fsp3) is 0.348. The maximum absolute atomic E-state index is 12.5. The summed E-state index contributed by atoms with van der Waals surface area (Å²) in [5.74, 6) is -0.185. The summed E-state index contributed by atoms with van der Waals surface area (Å²) >= 11 is 0. The minimum atomic E-state index is -2.36. The Morgan fingerprint density at radius 1 is 1.26 bits per heavy atom. The lowest BCUT2D eigenvalue weighted by Gasteiger charge is -2.39. The van der Waals surface area contributed by atoms with Gasteiger partial charge in [-0.15, -0.1) is 0 Å². The second-order valence-electron chi connectivity index (χ2n) is 8.23. The van der Waals surface area contributed by atoms with Gasteiger partial charge in [0.2, 0.25) is 0 Å². The van der Waals surface area contributed by atoms with Crippen LogP contribution in [0.5, 0.6) is 5.75 Å². The number of furan rings is 1. The van der Waals surface area contributed by atoms with Gasteiger partial charge in [-0.05, 0) is 30.0 Å². The fourth-order valence-electron chi connectivity index (χ4n) is 3.89. The number of hydrogen-bond donors (Lipinski definition) is 3. The predicted octanol–water partition coefficient (Wildman–Crippen LogP) is 3.15. The molecule has 31 heavy (non-hydrogen) atoms. The zero-order valence-electron chi connectivity index (χ0n) is 20.4. The van der Waals surface area contributed by atoms with Gasteiger partial charge in [0.25, 0.3) is 16.8 Å². The standard InChI is InChI=1S/C23H25N3O5/c1-23(2)10-8-15-12(9-11-31-15)21(23)25-17-16(19(28)20(17)29)24-14-7-5-6-13(18(14)27)22(30)26(3)4/h5-7,9,11,21,24-25,27H,8,10H2,1-4H3/i1D3. The molecule has 8 nitrogen and oxygen atoms in total. The Hall–Kier alpha value is -3.55. The molecule has 4 rings (SSSR count). The average molecular weight is 426 g/mol. The summed E-state index contributed by atoms with van der Waals surface area (Å²) in [7, 11) is 3.08. The number of aryl methyl sites for hydroxylation is 1. The van der Waals surface area contributed by atoms with Crippen molar-refractivity contribution < 1.29 is 18.4 Å². The van der Waals surface area contributed by atoms with E-state index in [9.17, 15) is 19.5 Å². The number of phenolic OH excluding ortho intramolecular Hbond substituents is 1. The van der Waals surface area contributed by atoms with Gasteiger partial charge in [-0.2, -0.15) is 0 Å². The molecule has 162 valence electrons. The highest BCUT2D eigenvalue weighted by Gasteiger charge is 2.39. The number of phenols is 1. The van der Waals surface area contributed by atoms with Crippen LogP contribution >= 0.6 is 0 Å². The second kappa shape index (κ2) is 7.30. The zero-order chi connectivity index (χ0) is 25.0. The largest absolute Gasteiger partial charge is 0.505 e. The van der Waals surface area contributed by atoms with Crippen LogP contribution in [0.4, 0.5) is 17.1 Å². The highest BCUT2D eigenvalue weighted by molar-refractivity contribution is 5.99. The van der Waals surface area contributed by atoms with Crippen molar-refractivity contribution in [3.8, 4) is 5.75 Å². The molecule has 1 amide bonds. The zero-order valence-corrected chi connectivity index (χ0v) is 17.4. The first-order chi connectivity index (χ1) is 15.9. The summed E-state index contributed by atoms with van der Waals surface area (Å²) in [6.45, 7) is -0.738. The molecule has 3 aromatic rings. The number of carbonyl (C=O) groups excluding carboxylic acids is 1. The van der Waals surface area contributed by atoms with Crippen LogP contribution in [0.2, 0.25) is 0 Å². The van der Waals surface area contributed by atoms with Gasteiger partial charge in [0.15, 0.2) is 5.75 Å². The van der Waals surface area contributed by atoms with Gasteiger partial charge in [0.1, 0.15) is 17.1 Å². The molecule has 8 heteroatoms. The van der Waals surface area contributed by atoms with Crippen molar-refractivity contribution in [3.05, 3.63) is 67.9 Å². The van der Waals surface area contributed by atoms with Crippen molar-refractivity contribution in [2.45, 2.75) is 32.7 Å². The van der Waals surface area contributed by atoms with E-state index in [0.29, 0.717) is 17.7 Å². The number of anilines is 3. The molecule has 2 aromatic carbocycles. The molecular formula is C23H25N3O5. The number of para-hydroxylation sites is 1. The van der Waals surface area contributed by atoms with Crippen molar-refractivity contribution >= 4 is 23.0 Å². The maximum atomic E-state index is 12.5. The number of carbonyl (C=O) groups is 1. The molecule has 3 N–H and O–H groups in total. The summed E-state index contributed by atoms with van der Waals surface area (Å²) in [6, 6.07) is 5.28. The van der Waals surface area contributed by atoms with E-state index in [1.807, 2.05) is 0 Å². The highest BCUT2D eigenvalue weighted by Crippen LogP contribution is 2.46. The van der Waals surface area contributed by atoms with Crippen molar-refractivity contribution in [1.29, 1.82) is 0 Å². The van der Waals surface area contributed by atoms with Crippen LogP contribution in [-0.2, 0) is 6.42 Å². The first-order valence-corrected chi connectivity index (χ1v) is 9.83. The van der Waals surface area contributed by atoms with Gasteiger partial charge < -0.3 is 25.1 Å². The number of fused-ring (bicyclic) bond motifs is 1. The Kier molecular flexibility index (Phi) is 4.04. The van der Waals surface area contributed by atoms with Crippen LogP contribution in [0.3, 0.4) is 0 Å². The van der Waals surface area contributed by atoms with E-state index in [1.54, 1.807) is 13.0 Å². The van der Waals surface area contributed by atoms with Crippen molar-refractivity contribution in [1.82, 2.24) is 4.90 Å². The van der Waals surface area contributed by atoms with Crippen molar-refractivity contribution in [3.63, 3.8) is 0 Å². The summed E-state index contributed by atoms with van der Waals surface area (Å²) in [5.41, 5.74) is -2.34. The molecule has 0 aliphatic heterocycles. The molecule has 0 bridgehead atoms. The number of nitrogens with one attached hydrogen (secondary N) is 2. The summed E-state index contributed by atoms with van der Waals surface area (Å²) in [5, 5.41) is 16.3. The van der Waals surface area contributed by atoms with Gasteiger partial charge >= 0.3 is 0 Å². The van der Waals surface area contributed by atoms with Gasteiger partial charge in [-0.1, -0.05) is 19.8 Å². The molecule has 2 atom stereocenters. The van der Waals surface area contributed by atoms with Crippen LogP contribution < -0.4 is 21.5 Å². The second-order valence-corrected chi connectivity index (χ2v) is 8.23. The molecule has 0 spiro atoms. The molecule has 0 fully saturated rings. The van der Waals surface area contributed by atoms with Gasteiger partial charge in [-0.25, -0.2) is 0 Å². The lowest BCUT2D eigenvalue weighted by molar-refractivity contribution is 0.0824. The Bertz CT molecular complexity index is 1340. The number of nitrogens with zero attached hydrogens (tertiary/aromatic N) is 1. The maximum Gasteiger partial charge on any atom is 0.257 e. The van der Waals surface area contributed by atoms with Crippen LogP contribution in [-0.4, -0.2) is 30.0 Å². The van der Waals surface area contributed by atoms with Crippen LogP contribution in [0.15, 0.2) is 44.5 Å². The molecule has 2 unspecified atom stereocenters. The van der Waals surface area contributed by atoms with E-state index in [4.69, 9.17) is 8.53 Å². The molecule has 1 heterocycles. The third kappa shape index (κ3) is 3.37. The molecule has 1 aliphatic carbocycles. The van der Waals surface area contributed by atoms with E-state index >= 15 is 0 Å². The lowest BCUT2D eigenvalue weighted by Crippen LogP contribution is -2.41. The van der Waals surface area contributed by atoms with E-state index in [0.717, 1.165) is 0 Å². The van der Waals surface area contributed by atoms with Crippen molar-refractivity contribution in [2.75, 3.05) is 24.7 Å². The summed E-state index contributed by atoms with van der Waals surface area (Å²) in [4.78, 5) is 38.5. The number of aromatic hydroxyl groups is 1. The SMILES string of the molecule is [2H]C([2H])([2H])C1(C)CCc2occc2C1Nc1c(Nc2cccc(C(=O)N(C)C)c2O)c(=O)c1=O. The smallest absolute Gasteiger partial charge is 0.257 e. The minimum Gasteiger partial charge on any atom is -0.505 e. The predicted molar refractivity (Wildman–Crippen MR) is 118 cm³/mol. The summed E-state index contributed by atoms with van der Waals surface area (Å²) < 4.78 is 29.9. The lowest BCUT2D eigenvalue weighted by atomic mass is 9.72. The fourth-order valence-corrected chi connectivity index (χ4v) is 3.89. The molecular weight excluding hydrogens is 398 g/mol. The average Bonchev–Trinajstić information content (AvgIpc) is 3.25. The Labute approximate surface area is 183 Å². The van der Waals surface area contributed by atoms with E-state index < -0.39 is 35.1 Å². The Morgan fingerprint density at radius 2 is 2.00 bits per heavy atom. The topological polar surface area (TPSA) is 112 Å². The number of rotatable bonds is 5. The van der Waals surface area contributed by atoms with E-state index in [1.165, 1.54) is 43.5 Å². The van der Waals surface area contributed by atoms with E-state index in [-0.39, 0.29) is 34.8 Å². The quantitative estimate of drug-likeness (QED) is 0.424. The van der Waals surface area contributed by atoms with Crippen LogP contribution in [0, 0.1) is 5.41 Å². The Morgan fingerprint density at radius 3 is 2.71 bits per heavy atom. The van der Waals surface area contributed by atoms with Crippen molar-refractivity contribution in [2.24, 2.45) is 5.41 Å². The first kappa shape index (κ1) is 17.2. The Balaban J connectivity index is 1.72. The van der Waals surface area contributed by atoms with Crippen LogP contribution in [0.25, 0.3) is 0 Å². The van der Waals surface area contributed by atoms with Gasteiger partial charge in [0, 0.05) is 30.2 Å². The monoisotopic (exact) mass is 426 g/mol. The molecule has 0 saturated carbocycles.